The first-order chi connectivity index (χ1) is 27.5. The molecule has 3 unspecified atom stereocenters. The number of aliphatic hydroxyl groups excluding tert-OH is 2. The van der Waals surface area contributed by atoms with Crippen molar-refractivity contribution in [2.45, 2.75) is 87.5 Å². The van der Waals surface area contributed by atoms with Gasteiger partial charge >= 0.3 is 5.97 Å². The zero-order chi connectivity index (χ0) is 42.2. The standard InChI is InChI=1S/C40H44N2O16/c1-16-11-18-12-23(44)40(56-5)36(50)27-20(35(49)39(40,53)28(18)33(25(16)38(51)52)57-15-24(45)42-9-7-6-8-10-42)13-19-26(30(27)47)22(43)14-21(29(19)46)41-37-34(55-4)31(48)32(54-3)17(2)58-37/h11,13-14,17,23,31-32,34,37,41,44,47-48,53H,6-10,12,15H2,1-5H3,(H,51,52)/t17-,23?,31+,32-,34+,37-,39?,40?/m0/s1. The number of likely N-dealkylation sites (tertiary alicyclic amines) is 1. The highest BCUT2D eigenvalue weighted by molar-refractivity contribution is 6.31. The van der Waals surface area contributed by atoms with E-state index in [-0.39, 0.29) is 11.1 Å². The third-order valence-corrected chi connectivity index (χ3v) is 12.0. The van der Waals surface area contributed by atoms with E-state index < -0.39 is 147 Å². The molecule has 2 aromatic carbocycles. The fourth-order valence-electron chi connectivity index (χ4n) is 9.25. The zero-order valence-electron chi connectivity index (χ0n) is 32.3. The first kappa shape index (κ1) is 41.1. The lowest BCUT2D eigenvalue weighted by atomic mass is 9.56. The van der Waals surface area contributed by atoms with Crippen LogP contribution < -0.4 is 10.1 Å². The largest absolute Gasteiger partial charge is 0.506 e. The number of Topliss-reactive ketones (excluding diaryl/α,β-unsaturated/α-hetero) is 3. The quantitative estimate of drug-likeness (QED) is 0.200. The molecular weight excluding hydrogens is 764 g/mol. The molecule has 7 rings (SSSR count). The van der Waals surface area contributed by atoms with E-state index in [1.807, 2.05) is 0 Å². The average molecular weight is 809 g/mol. The number of allylic oxidation sites excluding steroid dienone is 2. The van der Waals surface area contributed by atoms with Crippen LogP contribution in [0.2, 0.25) is 0 Å². The van der Waals surface area contributed by atoms with Crippen LogP contribution in [0.25, 0.3) is 0 Å². The second-order valence-electron chi connectivity index (χ2n) is 15.1. The molecule has 2 aromatic rings. The minimum Gasteiger partial charge on any atom is -0.506 e. The highest BCUT2D eigenvalue weighted by Crippen LogP contribution is 2.57. The molecule has 6 N–H and O–H groups in total. The number of carboxylic acid groups (broad SMARTS) is 1. The van der Waals surface area contributed by atoms with Gasteiger partial charge in [0, 0.05) is 63.6 Å². The molecule has 310 valence electrons. The molecule has 0 bridgehead atoms. The molecule has 2 fully saturated rings. The molecule has 2 aliphatic heterocycles. The number of fused-ring (bicyclic) bond motifs is 5. The summed E-state index contributed by atoms with van der Waals surface area (Å²) < 4.78 is 28.2. The first-order valence-electron chi connectivity index (χ1n) is 18.7. The summed E-state index contributed by atoms with van der Waals surface area (Å²) in [4.78, 5) is 85.3. The van der Waals surface area contributed by atoms with Gasteiger partial charge in [-0.15, -0.1) is 0 Å². The van der Waals surface area contributed by atoms with E-state index in [0.29, 0.717) is 13.1 Å². The Morgan fingerprint density at radius 2 is 1.64 bits per heavy atom. The average Bonchev–Trinajstić information content (AvgIpc) is 3.17. The maximum atomic E-state index is 15.0. The van der Waals surface area contributed by atoms with Gasteiger partial charge in [0.25, 0.3) is 5.91 Å². The number of piperidine rings is 1. The van der Waals surface area contributed by atoms with Gasteiger partial charge in [-0.3, -0.25) is 24.0 Å². The molecule has 0 spiro atoms. The predicted molar refractivity (Wildman–Crippen MR) is 196 cm³/mol. The number of carbonyl (C=O) groups is 6. The summed E-state index contributed by atoms with van der Waals surface area (Å²) in [5, 5.41) is 60.4. The summed E-state index contributed by atoms with van der Waals surface area (Å²) in [6.45, 7) is 3.18. The fourth-order valence-corrected chi connectivity index (χ4v) is 9.25. The Morgan fingerprint density at radius 1 is 0.966 bits per heavy atom. The lowest BCUT2D eigenvalue weighted by molar-refractivity contribution is -0.236. The van der Waals surface area contributed by atoms with Gasteiger partial charge in [0.1, 0.15) is 35.4 Å². The van der Waals surface area contributed by atoms with Crippen LogP contribution in [0.15, 0.2) is 23.9 Å². The van der Waals surface area contributed by atoms with E-state index in [2.05, 4.69) is 5.32 Å². The second-order valence-corrected chi connectivity index (χ2v) is 15.1. The number of aliphatic hydroxyl groups is 3. The van der Waals surface area contributed by atoms with E-state index in [1.165, 1.54) is 32.1 Å². The van der Waals surface area contributed by atoms with Crippen molar-refractivity contribution in [3.63, 3.8) is 0 Å². The highest BCUT2D eigenvalue weighted by atomic mass is 16.6. The number of hydrogen-bond acceptors (Lipinski definition) is 16. The number of nitrogens with one attached hydrogen (secondary N) is 1. The number of aryl methyl sites for hydroxylation is 1. The number of benzene rings is 2. The van der Waals surface area contributed by atoms with Gasteiger partial charge in [0.2, 0.25) is 17.3 Å². The molecule has 3 aliphatic carbocycles. The lowest BCUT2D eigenvalue weighted by Gasteiger charge is -2.53. The van der Waals surface area contributed by atoms with E-state index in [9.17, 15) is 49.5 Å². The number of aromatic carboxylic acids is 1. The number of methoxy groups -OCH3 is 3. The molecule has 2 heterocycles. The monoisotopic (exact) mass is 808 g/mol. The fraction of sp³-hybridized carbons (Fsp3) is 0.500. The Bertz CT molecular complexity index is 2180. The molecule has 0 radical (unpaired) electrons. The Labute approximate surface area is 331 Å². The van der Waals surface area contributed by atoms with Gasteiger partial charge in [-0.05, 0) is 50.3 Å². The minimum atomic E-state index is -3.30. The van der Waals surface area contributed by atoms with Crippen molar-refractivity contribution in [1.29, 1.82) is 0 Å². The van der Waals surface area contributed by atoms with Gasteiger partial charge in [0.05, 0.1) is 29.0 Å². The summed E-state index contributed by atoms with van der Waals surface area (Å²) >= 11 is 0. The molecule has 0 saturated carbocycles. The molecule has 8 atom stereocenters. The Morgan fingerprint density at radius 3 is 2.26 bits per heavy atom. The number of ether oxygens (including phenoxy) is 5. The maximum Gasteiger partial charge on any atom is 0.339 e. The minimum absolute atomic E-state index is 0.00893. The molecule has 2 saturated heterocycles. The first-order valence-corrected chi connectivity index (χ1v) is 18.7. The predicted octanol–water partition coefficient (Wildman–Crippen LogP) is 0.347. The number of nitrogens with zero attached hydrogens (tertiary/aromatic N) is 1. The molecule has 18 heteroatoms. The van der Waals surface area contributed by atoms with E-state index in [4.69, 9.17) is 23.7 Å². The summed E-state index contributed by atoms with van der Waals surface area (Å²) in [7, 11) is 3.57. The second kappa shape index (κ2) is 14.9. The van der Waals surface area contributed by atoms with Gasteiger partial charge in [0.15, 0.2) is 29.8 Å². The Hall–Kier alpha value is -5.08. The van der Waals surface area contributed by atoms with Crippen LogP contribution in [-0.4, -0.2) is 149 Å². The maximum absolute atomic E-state index is 15.0. The summed E-state index contributed by atoms with van der Waals surface area (Å²) in [6.07, 6.45) is -4.36. The summed E-state index contributed by atoms with van der Waals surface area (Å²) in [6, 6.07) is 2.15. The van der Waals surface area contributed by atoms with Gasteiger partial charge in [-0.25, -0.2) is 4.79 Å². The van der Waals surface area contributed by atoms with Crippen molar-refractivity contribution in [3.8, 4) is 11.5 Å². The molecule has 5 aliphatic rings. The normalized spacial score (nSPS) is 30.5. The number of phenolic OH excluding ortho intramolecular Hbond substituents is 1. The molecule has 58 heavy (non-hydrogen) atoms. The number of hydrogen-bond donors (Lipinski definition) is 6. The summed E-state index contributed by atoms with van der Waals surface area (Å²) in [5.41, 5.74) is -10.5. The third-order valence-electron chi connectivity index (χ3n) is 12.0. The topological polar surface area (TPSA) is 265 Å². The van der Waals surface area contributed by atoms with Crippen LogP contribution in [0.4, 0.5) is 0 Å². The van der Waals surface area contributed by atoms with Crippen molar-refractivity contribution in [2.75, 3.05) is 41.0 Å². The highest BCUT2D eigenvalue weighted by Gasteiger charge is 2.73. The molecule has 18 nitrogen and oxygen atoms in total. The van der Waals surface area contributed by atoms with E-state index >= 15 is 4.79 Å². The van der Waals surface area contributed by atoms with Crippen molar-refractivity contribution in [1.82, 2.24) is 10.2 Å². The number of rotatable bonds is 9. The number of phenols is 1. The Kier molecular flexibility index (Phi) is 10.6. The van der Waals surface area contributed by atoms with Crippen molar-refractivity contribution >= 4 is 35.0 Å². The number of aromatic hydroxyl groups is 1. The zero-order valence-corrected chi connectivity index (χ0v) is 32.3. The molecule has 0 aromatic heterocycles. The van der Waals surface area contributed by atoms with Crippen molar-refractivity contribution < 1.29 is 78.0 Å². The van der Waals surface area contributed by atoms with Crippen LogP contribution in [-0.2, 0) is 35.8 Å². The number of amides is 1. The number of ketones is 4. The van der Waals surface area contributed by atoms with Crippen LogP contribution >= 0.6 is 0 Å². The van der Waals surface area contributed by atoms with Crippen molar-refractivity contribution in [3.05, 3.63) is 68.4 Å². The smallest absolute Gasteiger partial charge is 0.339 e. The van der Waals surface area contributed by atoms with Crippen molar-refractivity contribution in [2.24, 2.45) is 0 Å². The van der Waals surface area contributed by atoms with Crippen LogP contribution in [0.3, 0.4) is 0 Å². The summed E-state index contributed by atoms with van der Waals surface area (Å²) in [5.74, 6) is -8.52. The SMILES string of the molecule is CO[C@@H]1[C@@H](O)[C@@H](OC)[C@@H](NC2=CC(=O)c3c(cc4c(c3O)C(=O)C3(OC)C(O)Cc5cc(C)c(C(=O)O)c(OCC(=O)N6CCCCC6)c5C3(O)C4=O)C2=O)O[C@H]1C. The van der Waals surface area contributed by atoms with Crippen LogP contribution in [0.5, 0.6) is 11.5 Å². The number of carboxylic acids is 1. The third kappa shape index (κ3) is 5.80. The Balaban J connectivity index is 1.36. The van der Waals surface area contributed by atoms with E-state index in [1.54, 1.807) is 6.92 Å². The molecule has 1 amide bonds. The van der Waals surface area contributed by atoms with Crippen LogP contribution in [0.1, 0.15) is 94.7 Å². The van der Waals surface area contributed by atoms with Gasteiger partial charge in [-0.1, -0.05) is 6.07 Å². The van der Waals surface area contributed by atoms with Gasteiger partial charge < -0.3 is 59.4 Å². The number of carbonyl (C=O) groups excluding carboxylic acids is 5. The van der Waals surface area contributed by atoms with Crippen LogP contribution in [0, 0.1) is 6.92 Å². The lowest BCUT2D eigenvalue weighted by Crippen LogP contribution is -2.73. The molecular formula is C40H44N2O16. The van der Waals surface area contributed by atoms with Gasteiger partial charge in [-0.2, -0.15) is 0 Å². The van der Waals surface area contributed by atoms with E-state index in [0.717, 1.165) is 38.5 Å².